The second-order valence-electron chi connectivity index (χ2n) is 6.23. The van der Waals surface area contributed by atoms with Gasteiger partial charge in [0.2, 0.25) is 5.91 Å². The normalized spacial score (nSPS) is 13.4. The molecular formula is C18H16ClN5O3. The molecule has 9 heteroatoms. The number of nitrogens with zero attached hydrogens (tertiary/aromatic N) is 2. The number of anilines is 1. The highest BCUT2D eigenvalue weighted by molar-refractivity contribution is 6.33. The third-order valence-electron chi connectivity index (χ3n) is 4.10. The van der Waals surface area contributed by atoms with Crippen molar-refractivity contribution in [3.8, 4) is 11.5 Å². The lowest BCUT2D eigenvalue weighted by Crippen LogP contribution is -2.30. The molecule has 0 radical (unpaired) electrons. The molecule has 1 aliphatic rings. The molecule has 4 rings (SSSR count). The first kappa shape index (κ1) is 17.2. The molecule has 1 aliphatic carbocycles. The van der Waals surface area contributed by atoms with Gasteiger partial charge in [-0.25, -0.2) is 9.31 Å². The van der Waals surface area contributed by atoms with E-state index in [1.54, 1.807) is 41.0 Å². The van der Waals surface area contributed by atoms with Crippen LogP contribution in [0.1, 0.15) is 23.2 Å². The Morgan fingerprint density at radius 2 is 2.07 bits per heavy atom. The number of pyridine rings is 1. The maximum atomic E-state index is 11.8. The summed E-state index contributed by atoms with van der Waals surface area (Å²) in [5.74, 6) is 0.376. The van der Waals surface area contributed by atoms with Gasteiger partial charge < -0.3 is 21.1 Å². The number of fused-ring (bicyclic) bond motifs is 1. The van der Waals surface area contributed by atoms with Gasteiger partial charge >= 0.3 is 6.03 Å². The van der Waals surface area contributed by atoms with Gasteiger partial charge in [0.25, 0.3) is 0 Å². The SMILES string of the molecule is NC(=O)c1ccn2ncc(Oc3ccc(NC(=O)NC4CC4)c(Cl)c3)c2c1. The highest BCUT2D eigenvalue weighted by Gasteiger charge is 2.23. The molecule has 27 heavy (non-hydrogen) atoms. The fourth-order valence-electron chi connectivity index (χ4n) is 2.55. The first-order chi connectivity index (χ1) is 13.0. The standard InChI is InChI=1S/C18H16ClN5O3/c19-13-8-12(3-4-14(13)23-18(26)22-11-1-2-11)27-16-9-21-24-6-5-10(17(20)25)7-15(16)24/h3-9,11H,1-2H2,(H2,20,25)(H2,22,23,26). The summed E-state index contributed by atoms with van der Waals surface area (Å²) < 4.78 is 7.40. The van der Waals surface area contributed by atoms with Gasteiger partial charge in [0.1, 0.15) is 11.3 Å². The number of carbonyl (C=O) groups is 2. The van der Waals surface area contributed by atoms with Crippen LogP contribution in [-0.4, -0.2) is 27.6 Å². The number of nitrogens with two attached hydrogens (primary N) is 1. The topological polar surface area (TPSA) is 111 Å². The van der Waals surface area contributed by atoms with E-state index in [4.69, 9.17) is 22.1 Å². The second kappa shape index (κ2) is 6.81. The van der Waals surface area contributed by atoms with E-state index in [0.29, 0.717) is 33.3 Å². The molecule has 0 bridgehead atoms. The minimum absolute atomic E-state index is 0.257. The number of hydrogen-bond acceptors (Lipinski definition) is 4. The number of urea groups is 1. The Labute approximate surface area is 159 Å². The Hall–Kier alpha value is -3.26. The zero-order valence-corrected chi connectivity index (χ0v) is 14.9. The van der Waals surface area contributed by atoms with Crippen LogP contribution < -0.4 is 21.1 Å². The Kier molecular flexibility index (Phi) is 4.33. The highest BCUT2D eigenvalue weighted by Crippen LogP contribution is 2.32. The Morgan fingerprint density at radius 1 is 1.26 bits per heavy atom. The van der Waals surface area contributed by atoms with Gasteiger partial charge in [0.15, 0.2) is 5.75 Å². The predicted octanol–water partition coefficient (Wildman–Crippen LogP) is 3.16. The van der Waals surface area contributed by atoms with Gasteiger partial charge in [-0.05, 0) is 37.1 Å². The number of carbonyl (C=O) groups excluding carboxylic acids is 2. The van der Waals surface area contributed by atoms with E-state index in [9.17, 15) is 9.59 Å². The summed E-state index contributed by atoms with van der Waals surface area (Å²) in [6.45, 7) is 0. The minimum Gasteiger partial charge on any atom is -0.453 e. The van der Waals surface area contributed by atoms with Crippen molar-refractivity contribution in [1.82, 2.24) is 14.9 Å². The fourth-order valence-corrected chi connectivity index (χ4v) is 2.77. The van der Waals surface area contributed by atoms with Crippen molar-refractivity contribution in [1.29, 1.82) is 0 Å². The van der Waals surface area contributed by atoms with Gasteiger partial charge in [-0.3, -0.25) is 4.79 Å². The fraction of sp³-hybridized carbons (Fsp3) is 0.167. The molecule has 1 fully saturated rings. The van der Waals surface area contributed by atoms with E-state index < -0.39 is 5.91 Å². The number of primary amides is 1. The van der Waals surface area contributed by atoms with E-state index in [2.05, 4.69) is 15.7 Å². The largest absolute Gasteiger partial charge is 0.453 e. The number of hydrogen-bond donors (Lipinski definition) is 3. The third-order valence-corrected chi connectivity index (χ3v) is 4.41. The Balaban J connectivity index is 1.53. The molecule has 1 saturated carbocycles. The highest BCUT2D eigenvalue weighted by atomic mass is 35.5. The quantitative estimate of drug-likeness (QED) is 0.626. The predicted molar refractivity (Wildman–Crippen MR) is 100 cm³/mol. The number of ether oxygens (including phenoxy) is 1. The summed E-state index contributed by atoms with van der Waals surface area (Å²) in [7, 11) is 0. The number of nitrogens with one attached hydrogen (secondary N) is 2. The monoisotopic (exact) mass is 385 g/mol. The summed E-state index contributed by atoms with van der Waals surface area (Å²) >= 11 is 6.25. The molecule has 2 heterocycles. The first-order valence-corrected chi connectivity index (χ1v) is 8.69. The number of benzene rings is 1. The van der Waals surface area contributed by atoms with Gasteiger partial charge in [-0.15, -0.1) is 0 Å². The lowest BCUT2D eigenvalue weighted by molar-refractivity contribution is 0.1000. The lowest BCUT2D eigenvalue weighted by Gasteiger charge is -2.10. The molecule has 3 aromatic rings. The molecule has 0 saturated heterocycles. The van der Waals surface area contributed by atoms with Gasteiger partial charge in [-0.2, -0.15) is 5.10 Å². The van der Waals surface area contributed by atoms with Gasteiger partial charge in [0.05, 0.1) is 16.9 Å². The molecule has 138 valence electrons. The average Bonchev–Trinajstić information content (AvgIpc) is 3.36. The zero-order valence-electron chi connectivity index (χ0n) is 14.1. The van der Waals surface area contributed by atoms with Crippen molar-refractivity contribution in [3.05, 3.63) is 53.3 Å². The Morgan fingerprint density at radius 3 is 2.78 bits per heavy atom. The molecule has 2 aromatic heterocycles. The van der Waals surface area contributed by atoms with Crippen LogP contribution in [0.25, 0.3) is 5.52 Å². The van der Waals surface area contributed by atoms with Crippen LogP contribution in [0.2, 0.25) is 5.02 Å². The first-order valence-electron chi connectivity index (χ1n) is 8.32. The molecule has 0 aliphatic heterocycles. The number of halogens is 1. The second-order valence-corrected chi connectivity index (χ2v) is 6.64. The summed E-state index contributed by atoms with van der Waals surface area (Å²) in [5, 5.41) is 10.0. The Bertz CT molecular complexity index is 1040. The number of amides is 3. The zero-order chi connectivity index (χ0) is 19.0. The van der Waals surface area contributed by atoms with E-state index in [1.807, 2.05) is 0 Å². The molecule has 0 unspecified atom stereocenters. The van der Waals surface area contributed by atoms with Crippen molar-refractivity contribution < 1.29 is 14.3 Å². The molecule has 3 amide bonds. The van der Waals surface area contributed by atoms with Crippen molar-refractivity contribution in [2.75, 3.05) is 5.32 Å². The van der Waals surface area contributed by atoms with E-state index in [-0.39, 0.29) is 12.1 Å². The molecule has 0 spiro atoms. The minimum atomic E-state index is -0.535. The van der Waals surface area contributed by atoms with Gasteiger partial charge in [0, 0.05) is 23.9 Å². The van der Waals surface area contributed by atoms with Crippen LogP contribution in [-0.2, 0) is 0 Å². The summed E-state index contributed by atoms with van der Waals surface area (Å²) in [6.07, 6.45) is 5.17. The van der Waals surface area contributed by atoms with Crippen molar-refractivity contribution >= 4 is 34.7 Å². The van der Waals surface area contributed by atoms with Gasteiger partial charge in [-0.1, -0.05) is 11.6 Å². The van der Waals surface area contributed by atoms with Crippen molar-refractivity contribution in [2.24, 2.45) is 5.73 Å². The summed E-state index contributed by atoms with van der Waals surface area (Å²) in [4.78, 5) is 23.2. The van der Waals surface area contributed by atoms with Crippen LogP contribution in [0.3, 0.4) is 0 Å². The summed E-state index contributed by atoms with van der Waals surface area (Å²) in [6, 6.07) is 8.09. The van der Waals surface area contributed by atoms with E-state index in [0.717, 1.165) is 12.8 Å². The van der Waals surface area contributed by atoms with E-state index in [1.165, 1.54) is 6.20 Å². The lowest BCUT2D eigenvalue weighted by atomic mass is 10.2. The van der Waals surface area contributed by atoms with Crippen LogP contribution >= 0.6 is 11.6 Å². The summed E-state index contributed by atoms with van der Waals surface area (Å²) in [5.41, 5.74) is 6.75. The van der Waals surface area contributed by atoms with Crippen LogP contribution in [0.4, 0.5) is 10.5 Å². The third kappa shape index (κ3) is 3.80. The van der Waals surface area contributed by atoms with Crippen molar-refractivity contribution in [2.45, 2.75) is 18.9 Å². The molecule has 0 atom stereocenters. The van der Waals surface area contributed by atoms with Crippen LogP contribution in [0.5, 0.6) is 11.5 Å². The molecule has 4 N–H and O–H groups in total. The maximum Gasteiger partial charge on any atom is 0.319 e. The van der Waals surface area contributed by atoms with E-state index >= 15 is 0 Å². The molecule has 8 nitrogen and oxygen atoms in total. The van der Waals surface area contributed by atoms with Crippen LogP contribution in [0, 0.1) is 0 Å². The maximum absolute atomic E-state index is 11.8. The molecular weight excluding hydrogens is 370 g/mol. The number of aromatic nitrogens is 2. The average molecular weight is 386 g/mol. The van der Waals surface area contributed by atoms with Crippen molar-refractivity contribution in [3.63, 3.8) is 0 Å². The number of rotatable bonds is 5. The smallest absolute Gasteiger partial charge is 0.319 e. The van der Waals surface area contributed by atoms with Crippen LogP contribution in [0.15, 0.2) is 42.7 Å². The molecule has 1 aromatic carbocycles.